The van der Waals surface area contributed by atoms with Gasteiger partial charge >= 0.3 is 0 Å². The molecule has 1 atom stereocenters. The van der Waals surface area contributed by atoms with E-state index in [0.717, 1.165) is 15.9 Å². The van der Waals surface area contributed by atoms with Gasteiger partial charge < -0.3 is 10.6 Å². The number of nitrogens with two attached hydrogens (primary N) is 1. The Morgan fingerprint density at radius 2 is 2.24 bits per heavy atom. The van der Waals surface area contributed by atoms with Crippen LogP contribution in [0.3, 0.4) is 0 Å². The highest BCUT2D eigenvalue weighted by molar-refractivity contribution is 7.13. The van der Waals surface area contributed by atoms with Crippen LogP contribution >= 0.6 is 11.5 Å². The highest BCUT2D eigenvalue weighted by Crippen LogP contribution is 2.30. The first kappa shape index (κ1) is 11.9. The van der Waals surface area contributed by atoms with Crippen LogP contribution in [0.4, 0.5) is 5.82 Å². The Balaban J connectivity index is 2.48. The number of primary amides is 1. The maximum Gasteiger partial charge on any atom is 0.239 e. The zero-order chi connectivity index (χ0) is 12.6. The normalized spacial score (nSPS) is 12.6. The van der Waals surface area contributed by atoms with E-state index in [1.54, 1.807) is 6.92 Å². The van der Waals surface area contributed by atoms with Crippen molar-refractivity contribution in [2.24, 2.45) is 5.73 Å². The average Bonchev–Trinajstić information content (AvgIpc) is 2.69. The van der Waals surface area contributed by atoms with Crippen LogP contribution in [-0.2, 0) is 4.79 Å². The summed E-state index contributed by atoms with van der Waals surface area (Å²) in [5, 5.41) is 1.07. The molecule has 2 rings (SSSR count). The lowest BCUT2D eigenvalue weighted by molar-refractivity contribution is -0.118. The molecule has 2 N–H and O–H groups in total. The van der Waals surface area contributed by atoms with E-state index in [2.05, 4.69) is 22.6 Å². The molecule has 0 aliphatic heterocycles. The van der Waals surface area contributed by atoms with Gasteiger partial charge in [-0.25, -0.2) is 0 Å². The molecule has 2 aromatic rings. The minimum absolute atomic E-state index is 0.346. The largest absolute Gasteiger partial charge is 0.368 e. The van der Waals surface area contributed by atoms with Crippen LogP contribution in [0.15, 0.2) is 18.2 Å². The van der Waals surface area contributed by atoms with Crippen molar-refractivity contribution in [3.05, 3.63) is 23.8 Å². The van der Waals surface area contributed by atoms with Crippen molar-refractivity contribution in [3.63, 3.8) is 0 Å². The number of rotatable bonds is 3. The number of amides is 1. The van der Waals surface area contributed by atoms with Crippen molar-refractivity contribution < 1.29 is 4.79 Å². The number of carbonyl (C=O) groups is 1. The zero-order valence-electron chi connectivity index (χ0n) is 10.1. The monoisotopic (exact) mass is 249 g/mol. The summed E-state index contributed by atoms with van der Waals surface area (Å²) in [7, 11) is 1.84. The lowest BCUT2D eigenvalue weighted by atomic mass is 10.1. The fourth-order valence-corrected chi connectivity index (χ4v) is 2.46. The smallest absolute Gasteiger partial charge is 0.239 e. The summed E-state index contributed by atoms with van der Waals surface area (Å²) in [5.41, 5.74) is 6.49. The van der Waals surface area contributed by atoms with Crippen LogP contribution in [0.2, 0.25) is 0 Å². The predicted octanol–water partition coefficient (Wildman–Crippen LogP) is 1.91. The van der Waals surface area contributed by atoms with Gasteiger partial charge in [0, 0.05) is 12.4 Å². The van der Waals surface area contributed by atoms with Crippen LogP contribution in [0.25, 0.3) is 10.1 Å². The van der Waals surface area contributed by atoms with Gasteiger partial charge in [-0.2, -0.15) is 4.37 Å². The SMILES string of the molecule is Cc1ccc2snc(N(C)C(C)C(N)=O)c2c1. The zero-order valence-corrected chi connectivity index (χ0v) is 10.9. The van der Waals surface area contributed by atoms with Gasteiger partial charge in [0.15, 0.2) is 5.82 Å². The first-order chi connectivity index (χ1) is 8.00. The number of carbonyl (C=O) groups excluding carboxylic acids is 1. The summed E-state index contributed by atoms with van der Waals surface area (Å²) >= 11 is 1.44. The van der Waals surface area contributed by atoms with Gasteiger partial charge in [-0.15, -0.1) is 0 Å². The molecule has 5 heteroatoms. The molecule has 0 saturated heterocycles. The number of benzene rings is 1. The maximum atomic E-state index is 11.2. The number of aromatic nitrogens is 1. The Bertz CT molecular complexity index is 564. The molecule has 0 saturated carbocycles. The van der Waals surface area contributed by atoms with Crippen LogP contribution in [0.1, 0.15) is 12.5 Å². The molecular weight excluding hydrogens is 234 g/mol. The van der Waals surface area contributed by atoms with E-state index in [-0.39, 0.29) is 11.9 Å². The van der Waals surface area contributed by atoms with Gasteiger partial charge in [-0.1, -0.05) is 11.6 Å². The second kappa shape index (κ2) is 4.33. The maximum absolute atomic E-state index is 11.2. The standard InChI is InChI=1S/C12H15N3OS/c1-7-4-5-10-9(6-7)12(14-17-10)15(3)8(2)11(13)16/h4-6,8H,1-3H3,(H2,13,16). The van der Waals surface area contributed by atoms with Crippen molar-refractivity contribution in [2.75, 3.05) is 11.9 Å². The van der Waals surface area contributed by atoms with Crippen molar-refractivity contribution in [2.45, 2.75) is 19.9 Å². The number of hydrogen-bond donors (Lipinski definition) is 1. The van der Waals surface area contributed by atoms with Crippen LogP contribution in [-0.4, -0.2) is 23.4 Å². The summed E-state index contributed by atoms with van der Waals surface area (Å²) in [5.74, 6) is 0.473. The van der Waals surface area contributed by atoms with Crippen molar-refractivity contribution in [1.82, 2.24) is 4.37 Å². The fourth-order valence-electron chi connectivity index (χ4n) is 1.67. The molecule has 1 heterocycles. The minimum atomic E-state index is -0.360. The second-order valence-electron chi connectivity index (χ2n) is 4.20. The third-order valence-electron chi connectivity index (χ3n) is 2.93. The van der Waals surface area contributed by atoms with E-state index in [1.165, 1.54) is 17.1 Å². The van der Waals surface area contributed by atoms with Crippen LogP contribution in [0.5, 0.6) is 0 Å². The van der Waals surface area contributed by atoms with Gasteiger partial charge in [0.25, 0.3) is 0 Å². The molecule has 0 spiro atoms. The molecule has 90 valence electrons. The Labute approximate surface area is 104 Å². The lowest BCUT2D eigenvalue weighted by Crippen LogP contribution is -2.40. The Morgan fingerprint density at radius 3 is 2.88 bits per heavy atom. The molecule has 1 amide bonds. The Morgan fingerprint density at radius 1 is 1.53 bits per heavy atom. The summed E-state index contributed by atoms with van der Waals surface area (Å²) in [4.78, 5) is 13.0. The molecule has 17 heavy (non-hydrogen) atoms. The number of likely N-dealkylation sites (N-methyl/N-ethyl adjacent to an activating group) is 1. The Kier molecular flexibility index (Phi) is 3.02. The van der Waals surface area contributed by atoms with E-state index in [0.29, 0.717) is 0 Å². The summed E-state index contributed by atoms with van der Waals surface area (Å²) in [6.45, 7) is 3.82. The van der Waals surface area contributed by atoms with E-state index < -0.39 is 0 Å². The first-order valence-corrected chi connectivity index (χ1v) is 6.16. The van der Waals surface area contributed by atoms with Gasteiger partial charge in [0.1, 0.15) is 6.04 Å². The lowest BCUT2D eigenvalue weighted by Gasteiger charge is -2.22. The van der Waals surface area contributed by atoms with Gasteiger partial charge in [0.05, 0.1) is 4.70 Å². The molecule has 0 aliphatic rings. The minimum Gasteiger partial charge on any atom is -0.368 e. The van der Waals surface area contributed by atoms with Crippen molar-refractivity contribution >= 4 is 33.3 Å². The highest BCUT2D eigenvalue weighted by atomic mass is 32.1. The highest BCUT2D eigenvalue weighted by Gasteiger charge is 2.19. The number of fused-ring (bicyclic) bond motifs is 1. The molecular formula is C12H15N3OS. The topological polar surface area (TPSA) is 59.2 Å². The molecule has 1 unspecified atom stereocenters. The predicted molar refractivity (Wildman–Crippen MR) is 71.4 cm³/mol. The summed E-state index contributed by atoms with van der Waals surface area (Å²) in [6.07, 6.45) is 0. The summed E-state index contributed by atoms with van der Waals surface area (Å²) in [6, 6.07) is 5.83. The summed E-state index contributed by atoms with van der Waals surface area (Å²) < 4.78 is 5.52. The Hall–Kier alpha value is -1.62. The fraction of sp³-hybridized carbons (Fsp3) is 0.333. The second-order valence-corrected chi connectivity index (χ2v) is 5.00. The number of anilines is 1. The molecule has 0 fully saturated rings. The van der Waals surface area contributed by atoms with Crippen LogP contribution in [0, 0.1) is 6.92 Å². The molecule has 1 aromatic heterocycles. The first-order valence-electron chi connectivity index (χ1n) is 5.39. The van der Waals surface area contributed by atoms with Gasteiger partial charge in [-0.05, 0) is 37.5 Å². The molecule has 1 aromatic carbocycles. The van der Waals surface area contributed by atoms with E-state index in [1.807, 2.05) is 18.9 Å². The quantitative estimate of drug-likeness (QED) is 0.904. The van der Waals surface area contributed by atoms with E-state index >= 15 is 0 Å². The van der Waals surface area contributed by atoms with Gasteiger partial charge in [0.2, 0.25) is 5.91 Å². The van der Waals surface area contributed by atoms with E-state index in [4.69, 9.17) is 5.73 Å². The number of nitrogens with zero attached hydrogens (tertiary/aromatic N) is 2. The third-order valence-corrected chi connectivity index (χ3v) is 3.75. The average molecular weight is 249 g/mol. The molecule has 0 bridgehead atoms. The molecule has 0 aliphatic carbocycles. The van der Waals surface area contributed by atoms with E-state index in [9.17, 15) is 4.79 Å². The third kappa shape index (κ3) is 2.10. The molecule has 4 nitrogen and oxygen atoms in total. The van der Waals surface area contributed by atoms with Crippen LogP contribution < -0.4 is 10.6 Å². The van der Waals surface area contributed by atoms with Gasteiger partial charge in [-0.3, -0.25) is 4.79 Å². The number of hydrogen-bond acceptors (Lipinski definition) is 4. The molecule has 0 radical (unpaired) electrons. The van der Waals surface area contributed by atoms with Crippen molar-refractivity contribution in [1.29, 1.82) is 0 Å². The van der Waals surface area contributed by atoms with Crippen molar-refractivity contribution in [3.8, 4) is 0 Å². The number of aryl methyl sites for hydroxylation is 1.